The Hall–Kier alpha value is -1.76. The number of hydrogen-bond donors (Lipinski definition) is 2. The summed E-state index contributed by atoms with van der Waals surface area (Å²) in [5.74, 6) is 0.259. The first kappa shape index (κ1) is 23.4. The smallest absolute Gasteiger partial charge is 0.105 e. The third kappa shape index (κ3) is 2.79. The second-order valence-electron chi connectivity index (χ2n) is 12.4. The number of likely N-dealkylation sites (N-methyl/N-ethyl adjacent to an activating group) is 1. The van der Waals surface area contributed by atoms with Gasteiger partial charge in [-0.15, -0.1) is 11.6 Å². The van der Waals surface area contributed by atoms with Crippen molar-refractivity contribution < 1.29 is 14.9 Å². The van der Waals surface area contributed by atoms with Crippen molar-refractivity contribution in [1.29, 1.82) is 0 Å². The number of hydrogen-bond acceptors (Lipinski definition) is 5. The second kappa shape index (κ2) is 7.42. The second-order valence-corrected chi connectivity index (χ2v) is 13.1. The van der Waals surface area contributed by atoms with E-state index in [1.54, 1.807) is 0 Å². The molecule has 5 nitrogen and oxygen atoms in total. The number of aliphatic hydroxyl groups is 2. The molecule has 1 aromatic carbocycles. The molecule has 7 rings (SSSR count). The van der Waals surface area contributed by atoms with Gasteiger partial charge in [-0.1, -0.05) is 31.2 Å². The number of nitrogens with zero attached hydrogens (tertiary/aromatic N) is 2. The molecule has 2 spiro atoms. The highest BCUT2D eigenvalue weighted by molar-refractivity contribution is 6.26. The van der Waals surface area contributed by atoms with Gasteiger partial charge in [-0.3, -0.25) is 4.98 Å². The molecular weight excluding hydrogens is 472 g/mol. The van der Waals surface area contributed by atoms with Crippen molar-refractivity contribution in [2.75, 3.05) is 14.1 Å². The van der Waals surface area contributed by atoms with Gasteiger partial charge in [0.1, 0.15) is 6.10 Å². The van der Waals surface area contributed by atoms with Crippen LogP contribution in [-0.4, -0.2) is 68.5 Å². The largest absolute Gasteiger partial charge is 0.388 e. The van der Waals surface area contributed by atoms with Crippen LogP contribution in [0.4, 0.5) is 0 Å². The van der Waals surface area contributed by atoms with Crippen molar-refractivity contribution in [2.45, 2.75) is 79.8 Å². The van der Waals surface area contributed by atoms with Gasteiger partial charge >= 0.3 is 0 Å². The zero-order valence-corrected chi connectivity index (χ0v) is 22.0. The van der Waals surface area contributed by atoms with E-state index in [-0.39, 0.29) is 17.4 Å². The molecule has 0 radical (unpaired) electrons. The number of fused-ring (bicyclic) bond motifs is 2. The SMILES string of the molecule is CN(C)[C@H]1C[C@@]23CC[C@]4(O2)C2CC=C(c5ccc6ccncc6c5)[C@@]2(C)CCC4(Cl)C=C3[C@@H](O)[C@@H]1O. The van der Waals surface area contributed by atoms with Crippen LogP contribution in [0.15, 0.2) is 54.4 Å². The predicted octanol–water partition coefficient (Wildman–Crippen LogP) is 4.70. The molecule has 2 saturated carbocycles. The lowest BCUT2D eigenvalue weighted by Gasteiger charge is -2.61. The average molecular weight is 507 g/mol. The summed E-state index contributed by atoms with van der Waals surface area (Å²) < 4.78 is 7.27. The van der Waals surface area contributed by atoms with Crippen molar-refractivity contribution in [3.8, 4) is 0 Å². The molecule has 8 atom stereocenters. The quantitative estimate of drug-likeness (QED) is 0.456. The van der Waals surface area contributed by atoms with Crippen LogP contribution in [0.5, 0.6) is 0 Å². The first-order valence-corrected chi connectivity index (χ1v) is 13.7. The molecule has 2 unspecified atom stereocenters. The Bertz CT molecular complexity index is 1320. The van der Waals surface area contributed by atoms with Crippen LogP contribution in [0.1, 0.15) is 51.0 Å². The van der Waals surface area contributed by atoms with Crippen LogP contribution in [0, 0.1) is 11.3 Å². The summed E-state index contributed by atoms with van der Waals surface area (Å²) in [6, 6.07) is 8.62. The van der Waals surface area contributed by atoms with E-state index < -0.39 is 28.3 Å². The summed E-state index contributed by atoms with van der Waals surface area (Å²) in [6.07, 6.45) is 11.6. The lowest BCUT2D eigenvalue weighted by Crippen LogP contribution is -2.68. The van der Waals surface area contributed by atoms with Crippen LogP contribution >= 0.6 is 11.6 Å². The molecule has 0 amide bonds. The Labute approximate surface area is 217 Å². The first-order valence-electron chi connectivity index (χ1n) is 13.3. The van der Waals surface area contributed by atoms with Crippen LogP contribution in [0.3, 0.4) is 0 Å². The maximum atomic E-state index is 11.2. The Balaban J connectivity index is 1.30. The standard InChI is InChI=1S/C30H35ClN2O3/c1-27-9-11-29(31)15-22-25(34)26(35)23(33(2)3)16-28(22)10-12-30(29,36-28)24(27)7-6-21(27)19-5-4-18-8-13-32-17-20(18)14-19/h4-6,8,13-15,17,23-26,34-35H,7,9-12,16H2,1-3H3/t23-,24?,25+,26+,27+,28+,29?,30-/m0/s1. The van der Waals surface area contributed by atoms with Crippen molar-refractivity contribution in [1.82, 2.24) is 9.88 Å². The van der Waals surface area contributed by atoms with E-state index in [0.29, 0.717) is 6.42 Å². The van der Waals surface area contributed by atoms with Crippen molar-refractivity contribution in [3.63, 3.8) is 0 Å². The highest BCUT2D eigenvalue weighted by Crippen LogP contribution is 2.71. The van der Waals surface area contributed by atoms with E-state index in [0.717, 1.165) is 43.1 Å². The molecule has 3 heterocycles. The lowest BCUT2D eigenvalue weighted by atomic mass is 9.54. The predicted molar refractivity (Wildman–Crippen MR) is 142 cm³/mol. The lowest BCUT2D eigenvalue weighted by molar-refractivity contribution is -0.199. The molecule has 2 N–H and O–H groups in total. The van der Waals surface area contributed by atoms with Gasteiger partial charge in [0.15, 0.2) is 0 Å². The first-order chi connectivity index (χ1) is 17.1. The molecule has 1 saturated heterocycles. The number of alkyl halides is 1. The molecule has 190 valence electrons. The van der Waals surface area contributed by atoms with Crippen molar-refractivity contribution in [2.24, 2.45) is 11.3 Å². The topological polar surface area (TPSA) is 65.8 Å². The zero-order valence-electron chi connectivity index (χ0n) is 21.2. The third-order valence-electron chi connectivity index (χ3n) is 10.6. The summed E-state index contributed by atoms with van der Waals surface area (Å²) in [5, 5.41) is 24.5. The molecule has 1 aromatic heterocycles. The van der Waals surface area contributed by atoms with Gasteiger partial charge in [-0.2, -0.15) is 0 Å². The molecule has 3 aliphatic carbocycles. The van der Waals surface area contributed by atoms with Crippen molar-refractivity contribution in [3.05, 3.63) is 59.9 Å². The number of rotatable bonds is 2. The zero-order chi connectivity index (χ0) is 25.1. The Morgan fingerprint density at radius 3 is 2.72 bits per heavy atom. The average Bonchev–Trinajstić information content (AvgIpc) is 3.39. The molecule has 2 aromatic rings. The van der Waals surface area contributed by atoms with Crippen LogP contribution < -0.4 is 0 Å². The van der Waals surface area contributed by atoms with E-state index in [2.05, 4.69) is 48.3 Å². The van der Waals surface area contributed by atoms with Crippen LogP contribution in [-0.2, 0) is 4.74 Å². The molecule has 5 aliphatic rings. The van der Waals surface area contributed by atoms with E-state index in [1.165, 1.54) is 16.5 Å². The molecular formula is C30H35ClN2O3. The maximum absolute atomic E-state index is 11.2. The summed E-state index contributed by atoms with van der Waals surface area (Å²) in [7, 11) is 3.94. The van der Waals surface area contributed by atoms with E-state index in [9.17, 15) is 10.2 Å². The highest BCUT2D eigenvalue weighted by atomic mass is 35.5. The van der Waals surface area contributed by atoms with Gasteiger partial charge in [0.05, 0.1) is 22.2 Å². The molecule has 2 bridgehead atoms. The molecule has 3 fully saturated rings. The van der Waals surface area contributed by atoms with Crippen LogP contribution in [0.2, 0.25) is 0 Å². The number of pyridine rings is 1. The van der Waals surface area contributed by atoms with E-state index in [4.69, 9.17) is 16.3 Å². The van der Waals surface area contributed by atoms with Crippen LogP contribution in [0.25, 0.3) is 16.3 Å². The minimum Gasteiger partial charge on any atom is -0.388 e. The fraction of sp³-hybridized carbons (Fsp3) is 0.567. The fourth-order valence-electron chi connectivity index (χ4n) is 8.68. The Kier molecular flexibility index (Phi) is 4.82. The summed E-state index contributed by atoms with van der Waals surface area (Å²) >= 11 is 7.55. The summed E-state index contributed by atoms with van der Waals surface area (Å²) in [4.78, 5) is 5.68. The minimum absolute atomic E-state index is 0.0428. The normalized spacial score (nSPS) is 45.2. The molecule has 2 aliphatic heterocycles. The van der Waals surface area contributed by atoms with Gasteiger partial charge in [-0.05, 0) is 92.3 Å². The maximum Gasteiger partial charge on any atom is 0.105 e. The highest BCUT2D eigenvalue weighted by Gasteiger charge is 2.73. The Morgan fingerprint density at radius 1 is 1.08 bits per heavy atom. The number of benzene rings is 1. The minimum atomic E-state index is -0.949. The summed E-state index contributed by atoms with van der Waals surface area (Å²) in [6.45, 7) is 2.41. The number of aliphatic hydroxyl groups excluding tert-OH is 2. The van der Waals surface area contributed by atoms with E-state index >= 15 is 0 Å². The van der Waals surface area contributed by atoms with Gasteiger partial charge in [0.25, 0.3) is 0 Å². The monoisotopic (exact) mass is 506 g/mol. The fourth-order valence-corrected chi connectivity index (χ4v) is 9.16. The number of ether oxygens (including phenoxy) is 1. The number of aromatic nitrogens is 1. The van der Waals surface area contributed by atoms with Gasteiger partial charge < -0.3 is 19.8 Å². The molecule has 36 heavy (non-hydrogen) atoms. The Morgan fingerprint density at radius 2 is 1.92 bits per heavy atom. The molecule has 6 heteroatoms. The number of allylic oxidation sites excluding steroid dienone is 2. The van der Waals surface area contributed by atoms with Crippen molar-refractivity contribution >= 4 is 27.9 Å². The van der Waals surface area contributed by atoms with E-state index in [1.807, 2.05) is 31.4 Å². The number of halogens is 1. The van der Waals surface area contributed by atoms with Gasteiger partial charge in [0, 0.05) is 29.7 Å². The van der Waals surface area contributed by atoms with Gasteiger partial charge in [0.2, 0.25) is 0 Å². The van der Waals surface area contributed by atoms with Gasteiger partial charge in [-0.25, -0.2) is 0 Å². The summed E-state index contributed by atoms with van der Waals surface area (Å²) in [5.41, 5.74) is 2.40. The third-order valence-corrected chi connectivity index (χ3v) is 11.2.